The average Bonchev–Trinajstić information content (AvgIpc) is 2.70. The van der Waals surface area contributed by atoms with Gasteiger partial charge in [-0.3, -0.25) is 0 Å². The van der Waals surface area contributed by atoms with Crippen molar-refractivity contribution < 1.29 is 14.3 Å². The van der Waals surface area contributed by atoms with Gasteiger partial charge in [0.25, 0.3) is 0 Å². The third-order valence-corrected chi connectivity index (χ3v) is 5.23. The highest BCUT2D eigenvalue weighted by molar-refractivity contribution is 6.33. The SMILES string of the molecule is COC(=O)c1ccc(Cl)c(NC(=O)N2CCC(Cc3ccccc3)CC2)c1. The van der Waals surface area contributed by atoms with Gasteiger partial charge in [-0.25, -0.2) is 9.59 Å². The van der Waals surface area contributed by atoms with Gasteiger partial charge in [-0.15, -0.1) is 0 Å². The minimum atomic E-state index is -0.469. The number of rotatable bonds is 4. The van der Waals surface area contributed by atoms with Gasteiger partial charge < -0.3 is 15.0 Å². The first-order chi connectivity index (χ1) is 13.1. The van der Waals surface area contributed by atoms with Gasteiger partial charge >= 0.3 is 12.0 Å². The summed E-state index contributed by atoms with van der Waals surface area (Å²) in [6.45, 7) is 1.41. The van der Waals surface area contributed by atoms with Crippen LogP contribution < -0.4 is 5.32 Å². The summed E-state index contributed by atoms with van der Waals surface area (Å²) in [5, 5.41) is 3.20. The molecule has 6 heteroatoms. The zero-order valence-electron chi connectivity index (χ0n) is 15.3. The van der Waals surface area contributed by atoms with E-state index in [1.165, 1.54) is 18.7 Å². The Labute approximate surface area is 164 Å². The normalized spacial score (nSPS) is 14.7. The number of piperidine rings is 1. The molecule has 0 spiro atoms. The molecule has 0 aliphatic carbocycles. The summed E-state index contributed by atoms with van der Waals surface area (Å²) in [5.41, 5.74) is 2.10. The maximum atomic E-state index is 12.6. The number of benzene rings is 2. The van der Waals surface area contributed by atoms with E-state index in [0.29, 0.717) is 35.3 Å². The number of carbonyl (C=O) groups excluding carboxylic acids is 2. The zero-order chi connectivity index (χ0) is 19.2. The van der Waals surface area contributed by atoms with Crippen molar-refractivity contribution in [2.75, 3.05) is 25.5 Å². The third-order valence-electron chi connectivity index (χ3n) is 4.90. The molecular formula is C21H23ClN2O3. The summed E-state index contributed by atoms with van der Waals surface area (Å²) in [6.07, 6.45) is 2.99. The molecule has 0 saturated carbocycles. The molecule has 0 bridgehead atoms. The van der Waals surface area contributed by atoms with Crippen LogP contribution in [-0.4, -0.2) is 37.1 Å². The molecule has 2 amide bonds. The Morgan fingerprint density at radius 2 is 1.85 bits per heavy atom. The van der Waals surface area contributed by atoms with Crippen LogP contribution in [0.1, 0.15) is 28.8 Å². The molecule has 3 rings (SSSR count). The average molecular weight is 387 g/mol. The van der Waals surface area contributed by atoms with Crippen molar-refractivity contribution in [3.63, 3.8) is 0 Å². The van der Waals surface area contributed by atoms with Crippen LogP contribution in [0.2, 0.25) is 5.02 Å². The van der Waals surface area contributed by atoms with Gasteiger partial charge in [0.1, 0.15) is 0 Å². The van der Waals surface area contributed by atoms with Crippen LogP contribution in [0.15, 0.2) is 48.5 Å². The maximum absolute atomic E-state index is 12.6. The predicted octanol–water partition coefficient (Wildman–Crippen LogP) is 4.61. The molecule has 2 aromatic rings. The van der Waals surface area contributed by atoms with Gasteiger partial charge in [0.05, 0.1) is 23.4 Å². The number of anilines is 1. The molecular weight excluding hydrogens is 364 g/mol. The summed E-state index contributed by atoms with van der Waals surface area (Å²) in [7, 11) is 1.31. The Balaban J connectivity index is 1.56. The first-order valence-corrected chi connectivity index (χ1v) is 9.42. The van der Waals surface area contributed by atoms with E-state index in [9.17, 15) is 9.59 Å². The quantitative estimate of drug-likeness (QED) is 0.780. The van der Waals surface area contributed by atoms with Gasteiger partial charge in [0.15, 0.2) is 0 Å². The second-order valence-corrected chi connectivity index (χ2v) is 7.14. The molecule has 5 nitrogen and oxygen atoms in total. The number of carbonyl (C=O) groups is 2. The van der Waals surface area contributed by atoms with E-state index >= 15 is 0 Å². The van der Waals surface area contributed by atoms with Crippen molar-refractivity contribution >= 4 is 29.3 Å². The number of halogens is 1. The number of hydrogen-bond donors (Lipinski definition) is 1. The standard InChI is InChI=1S/C21H23ClN2O3/c1-27-20(25)17-7-8-18(22)19(14-17)23-21(26)24-11-9-16(10-12-24)13-15-5-3-2-4-6-15/h2-8,14,16H,9-13H2,1H3,(H,23,26). The Morgan fingerprint density at radius 1 is 1.15 bits per heavy atom. The maximum Gasteiger partial charge on any atom is 0.337 e. The van der Waals surface area contributed by atoms with Crippen LogP contribution in [0.25, 0.3) is 0 Å². The summed E-state index contributed by atoms with van der Waals surface area (Å²) in [6, 6.07) is 14.9. The van der Waals surface area contributed by atoms with E-state index in [0.717, 1.165) is 19.3 Å². The molecule has 0 unspecified atom stereocenters. The smallest absolute Gasteiger partial charge is 0.337 e. The topological polar surface area (TPSA) is 58.6 Å². The van der Waals surface area contributed by atoms with Crippen molar-refractivity contribution in [1.82, 2.24) is 4.90 Å². The molecule has 0 aromatic heterocycles. The molecule has 1 aliphatic heterocycles. The lowest BCUT2D eigenvalue weighted by Gasteiger charge is -2.32. The van der Waals surface area contributed by atoms with E-state index in [1.54, 1.807) is 17.0 Å². The van der Waals surface area contributed by atoms with Crippen LogP contribution in [-0.2, 0) is 11.2 Å². The van der Waals surface area contributed by atoms with Crippen LogP contribution in [0.5, 0.6) is 0 Å². The van der Waals surface area contributed by atoms with Crippen LogP contribution in [0.4, 0.5) is 10.5 Å². The predicted molar refractivity (Wildman–Crippen MR) is 106 cm³/mol. The summed E-state index contributed by atoms with van der Waals surface area (Å²) in [5.74, 6) is 0.117. The lowest BCUT2D eigenvalue weighted by atomic mass is 9.90. The highest BCUT2D eigenvalue weighted by Crippen LogP contribution is 2.26. The first-order valence-electron chi connectivity index (χ1n) is 9.04. The van der Waals surface area contributed by atoms with Crippen LogP contribution in [0, 0.1) is 5.92 Å². The fourth-order valence-electron chi connectivity index (χ4n) is 3.35. The second-order valence-electron chi connectivity index (χ2n) is 6.74. The second kappa shape index (κ2) is 8.91. The number of likely N-dealkylation sites (tertiary alicyclic amines) is 1. The van der Waals surface area contributed by atoms with Gasteiger partial charge in [-0.2, -0.15) is 0 Å². The number of methoxy groups -OCH3 is 1. The molecule has 0 atom stereocenters. The van der Waals surface area contributed by atoms with Crippen molar-refractivity contribution in [3.05, 3.63) is 64.7 Å². The molecule has 0 radical (unpaired) electrons. The summed E-state index contributed by atoms with van der Waals surface area (Å²) in [4.78, 5) is 26.0. The number of amides is 2. The highest BCUT2D eigenvalue weighted by Gasteiger charge is 2.23. The van der Waals surface area contributed by atoms with Crippen molar-refractivity contribution in [2.45, 2.75) is 19.3 Å². The van der Waals surface area contributed by atoms with E-state index in [2.05, 4.69) is 29.6 Å². The lowest BCUT2D eigenvalue weighted by molar-refractivity contribution is 0.0600. The molecule has 27 heavy (non-hydrogen) atoms. The van der Waals surface area contributed by atoms with Crippen LogP contribution >= 0.6 is 11.6 Å². The minimum Gasteiger partial charge on any atom is -0.465 e. The molecule has 1 aliphatic rings. The van der Waals surface area contributed by atoms with E-state index < -0.39 is 5.97 Å². The van der Waals surface area contributed by atoms with E-state index in [-0.39, 0.29) is 6.03 Å². The highest BCUT2D eigenvalue weighted by atomic mass is 35.5. The molecule has 1 N–H and O–H groups in total. The molecule has 2 aromatic carbocycles. The summed E-state index contributed by atoms with van der Waals surface area (Å²) >= 11 is 6.16. The number of ether oxygens (including phenoxy) is 1. The van der Waals surface area contributed by atoms with Crippen molar-refractivity contribution in [1.29, 1.82) is 0 Å². The fraction of sp³-hybridized carbons (Fsp3) is 0.333. The molecule has 1 fully saturated rings. The Bertz CT molecular complexity index is 802. The van der Waals surface area contributed by atoms with Gasteiger partial charge in [-0.05, 0) is 48.9 Å². The first kappa shape index (κ1) is 19.2. The van der Waals surface area contributed by atoms with Gasteiger partial charge in [0.2, 0.25) is 0 Å². The van der Waals surface area contributed by atoms with Crippen molar-refractivity contribution in [3.8, 4) is 0 Å². The number of esters is 1. The van der Waals surface area contributed by atoms with E-state index in [1.807, 2.05) is 6.07 Å². The largest absolute Gasteiger partial charge is 0.465 e. The van der Waals surface area contributed by atoms with Gasteiger partial charge in [0, 0.05) is 13.1 Å². The minimum absolute atomic E-state index is 0.197. The lowest BCUT2D eigenvalue weighted by Crippen LogP contribution is -2.41. The number of urea groups is 1. The van der Waals surface area contributed by atoms with Gasteiger partial charge in [-0.1, -0.05) is 41.9 Å². The monoisotopic (exact) mass is 386 g/mol. The molecule has 142 valence electrons. The zero-order valence-corrected chi connectivity index (χ0v) is 16.0. The van der Waals surface area contributed by atoms with Crippen molar-refractivity contribution in [2.24, 2.45) is 5.92 Å². The van der Waals surface area contributed by atoms with Crippen LogP contribution in [0.3, 0.4) is 0 Å². The number of nitrogens with zero attached hydrogens (tertiary/aromatic N) is 1. The third kappa shape index (κ3) is 5.01. The Hall–Kier alpha value is -2.53. The van der Waals surface area contributed by atoms with E-state index in [4.69, 9.17) is 16.3 Å². The Kier molecular flexibility index (Phi) is 6.35. The number of nitrogens with one attached hydrogen (secondary N) is 1. The summed E-state index contributed by atoms with van der Waals surface area (Å²) < 4.78 is 4.71. The fourth-order valence-corrected chi connectivity index (χ4v) is 3.51. The Morgan fingerprint density at radius 3 is 2.52 bits per heavy atom. The molecule has 1 heterocycles. The number of hydrogen-bond acceptors (Lipinski definition) is 3. The molecule has 1 saturated heterocycles.